The van der Waals surface area contributed by atoms with E-state index in [0.29, 0.717) is 28.4 Å². The first-order valence-corrected chi connectivity index (χ1v) is 14.7. The fourth-order valence-electron chi connectivity index (χ4n) is 8.33. The van der Waals surface area contributed by atoms with E-state index < -0.39 is 6.10 Å². The number of hydrogen-bond acceptors (Lipinski definition) is 5. The number of nitrogens with one attached hydrogen (secondary N) is 2. The number of fused-ring (bicyclic) bond motifs is 1. The summed E-state index contributed by atoms with van der Waals surface area (Å²) in [6.45, 7) is 5.40. The molecule has 4 bridgehead atoms. The first-order chi connectivity index (χ1) is 18.7. The molecule has 39 heavy (non-hydrogen) atoms. The third kappa shape index (κ3) is 5.73. The van der Waals surface area contributed by atoms with Crippen molar-refractivity contribution in [2.24, 2.45) is 23.2 Å². The van der Waals surface area contributed by atoms with Gasteiger partial charge in [-0.25, -0.2) is 0 Å². The van der Waals surface area contributed by atoms with E-state index in [1.165, 1.54) is 62.6 Å². The lowest BCUT2D eigenvalue weighted by Gasteiger charge is -2.57. The molecule has 1 heterocycles. The number of hydrogen-bond donors (Lipinski definition) is 4. The standard InChI is InChI=1S/C33H42N2O4/c1-32(2,34-20-29(37)26-6-8-28(36)31-27(26)7-9-30(38)35-31)16-21-4-3-5-25(15-21)39-11-10-33-17-22-12-23(18-33)14-24(13-22)19-33/h3-9,15,22-24,29,34,36-37H,10-14,16-20H2,1-2H3,(H,35,38)/t22?,23?,24?,29-,33?/m0/s1. The lowest BCUT2D eigenvalue weighted by molar-refractivity contribution is -0.0622. The number of β-amino-alcohol motifs (C(OH)–C–C–N with tert-alkyl or cyclic N) is 1. The summed E-state index contributed by atoms with van der Waals surface area (Å²) in [4.78, 5) is 14.4. The summed E-state index contributed by atoms with van der Waals surface area (Å²) < 4.78 is 6.31. The number of aromatic hydroxyl groups is 1. The second-order valence-corrected chi connectivity index (χ2v) is 13.4. The molecule has 7 rings (SSSR count). The molecular weight excluding hydrogens is 488 g/mol. The van der Waals surface area contributed by atoms with Crippen LogP contribution in [0.2, 0.25) is 0 Å². The molecule has 208 valence electrons. The molecular formula is C33H42N2O4. The second kappa shape index (κ2) is 10.3. The Balaban J connectivity index is 1.04. The van der Waals surface area contributed by atoms with Gasteiger partial charge in [0.1, 0.15) is 11.5 Å². The summed E-state index contributed by atoms with van der Waals surface area (Å²) in [6.07, 6.45) is 9.89. The predicted molar refractivity (Wildman–Crippen MR) is 154 cm³/mol. The smallest absolute Gasteiger partial charge is 0.248 e. The van der Waals surface area contributed by atoms with Gasteiger partial charge in [0.15, 0.2) is 0 Å². The number of phenolic OH excluding ortho intramolecular Hbond substituents is 1. The highest BCUT2D eigenvalue weighted by Gasteiger charge is 2.50. The van der Waals surface area contributed by atoms with Crippen LogP contribution >= 0.6 is 0 Å². The lowest BCUT2D eigenvalue weighted by Crippen LogP contribution is -2.46. The average molecular weight is 531 g/mol. The van der Waals surface area contributed by atoms with Crippen molar-refractivity contribution in [3.63, 3.8) is 0 Å². The molecule has 6 heteroatoms. The monoisotopic (exact) mass is 530 g/mol. The van der Waals surface area contributed by atoms with E-state index in [9.17, 15) is 15.0 Å². The molecule has 4 aliphatic carbocycles. The Morgan fingerprint density at radius 3 is 2.49 bits per heavy atom. The quantitative estimate of drug-likeness (QED) is 0.263. The van der Waals surface area contributed by atoms with Gasteiger partial charge in [-0.3, -0.25) is 4.79 Å². The molecule has 3 aromatic rings. The van der Waals surface area contributed by atoms with E-state index in [4.69, 9.17) is 4.74 Å². The molecule has 4 N–H and O–H groups in total. The Kier molecular flexibility index (Phi) is 6.96. The van der Waals surface area contributed by atoms with Crippen LogP contribution in [0.5, 0.6) is 11.5 Å². The van der Waals surface area contributed by atoms with Crippen molar-refractivity contribution >= 4 is 10.9 Å². The van der Waals surface area contributed by atoms with Crippen LogP contribution in [0.4, 0.5) is 0 Å². The number of ether oxygens (including phenoxy) is 1. The highest BCUT2D eigenvalue weighted by atomic mass is 16.5. The van der Waals surface area contributed by atoms with E-state index in [1.54, 1.807) is 12.1 Å². The van der Waals surface area contributed by atoms with E-state index in [2.05, 4.69) is 48.4 Å². The van der Waals surface area contributed by atoms with Crippen LogP contribution in [0.25, 0.3) is 10.9 Å². The normalized spacial score (nSPS) is 26.7. The Labute approximate surface area is 230 Å². The van der Waals surface area contributed by atoms with Crippen molar-refractivity contribution in [1.29, 1.82) is 0 Å². The zero-order valence-electron chi connectivity index (χ0n) is 23.2. The number of H-pyrrole nitrogens is 1. The summed E-state index contributed by atoms with van der Waals surface area (Å²) in [6, 6.07) is 14.7. The molecule has 1 atom stereocenters. The van der Waals surface area contributed by atoms with E-state index in [0.717, 1.165) is 36.5 Å². The molecule has 4 aliphatic rings. The first-order valence-electron chi connectivity index (χ1n) is 14.7. The minimum Gasteiger partial charge on any atom is -0.506 e. The maximum Gasteiger partial charge on any atom is 0.248 e. The average Bonchev–Trinajstić information content (AvgIpc) is 2.87. The number of benzene rings is 2. The van der Waals surface area contributed by atoms with Crippen LogP contribution in [-0.2, 0) is 6.42 Å². The fourth-order valence-corrected chi connectivity index (χ4v) is 8.33. The summed E-state index contributed by atoms with van der Waals surface area (Å²) >= 11 is 0. The lowest BCUT2D eigenvalue weighted by atomic mass is 9.49. The van der Waals surface area contributed by atoms with Crippen LogP contribution in [0, 0.1) is 23.2 Å². The number of aromatic amines is 1. The Hall–Kier alpha value is -2.83. The Morgan fingerprint density at radius 2 is 1.77 bits per heavy atom. The maximum absolute atomic E-state index is 11.7. The predicted octanol–water partition coefficient (Wildman–Crippen LogP) is 5.86. The van der Waals surface area contributed by atoms with Crippen molar-refractivity contribution in [3.8, 4) is 11.5 Å². The van der Waals surface area contributed by atoms with E-state index in [1.807, 2.05) is 0 Å². The van der Waals surface area contributed by atoms with E-state index in [-0.39, 0.29) is 16.8 Å². The van der Waals surface area contributed by atoms with Crippen molar-refractivity contribution in [2.45, 2.75) is 76.9 Å². The van der Waals surface area contributed by atoms with Crippen LogP contribution in [0.15, 0.2) is 53.3 Å². The molecule has 0 unspecified atom stereocenters. The molecule has 4 saturated carbocycles. The summed E-state index contributed by atoms with van der Waals surface area (Å²) in [5.74, 6) is 3.86. The number of aliphatic hydroxyl groups is 1. The molecule has 4 fully saturated rings. The van der Waals surface area contributed by atoms with Gasteiger partial charge in [-0.2, -0.15) is 0 Å². The Morgan fingerprint density at radius 1 is 1.05 bits per heavy atom. The van der Waals surface area contributed by atoms with Gasteiger partial charge in [-0.05, 0) is 124 Å². The molecule has 2 aromatic carbocycles. The van der Waals surface area contributed by atoms with Crippen molar-refractivity contribution in [1.82, 2.24) is 10.3 Å². The summed E-state index contributed by atoms with van der Waals surface area (Å²) in [7, 11) is 0. The molecule has 0 amide bonds. The molecule has 0 aliphatic heterocycles. The molecule has 0 saturated heterocycles. The van der Waals surface area contributed by atoms with Gasteiger partial charge < -0.3 is 25.3 Å². The topological polar surface area (TPSA) is 94.6 Å². The fraction of sp³-hybridized carbons (Fsp3) is 0.545. The van der Waals surface area contributed by atoms with Gasteiger partial charge in [-0.1, -0.05) is 18.2 Å². The van der Waals surface area contributed by atoms with Crippen molar-refractivity contribution in [2.75, 3.05) is 13.2 Å². The third-order valence-corrected chi connectivity index (χ3v) is 9.65. The van der Waals surface area contributed by atoms with Crippen LogP contribution < -0.4 is 15.6 Å². The summed E-state index contributed by atoms with van der Waals surface area (Å²) in [5.41, 5.74) is 2.19. The van der Waals surface area contributed by atoms with Gasteiger partial charge in [0.2, 0.25) is 5.56 Å². The zero-order chi connectivity index (χ0) is 27.2. The molecule has 6 nitrogen and oxygen atoms in total. The highest BCUT2D eigenvalue weighted by Crippen LogP contribution is 2.61. The number of aromatic nitrogens is 1. The van der Waals surface area contributed by atoms with Crippen LogP contribution in [0.3, 0.4) is 0 Å². The van der Waals surface area contributed by atoms with Crippen molar-refractivity contribution in [3.05, 3.63) is 70.0 Å². The highest BCUT2D eigenvalue weighted by molar-refractivity contribution is 5.87. The molecule has 0 radical (unpaired) electrons. The van der Waals surface area contributed by atoms with Gasteiger partial charge in [0, 0.05) is 23.5 Å². The number of phenols is 1. The van der Waals surface area contributed by atoms with Gasteiger partial charge >= 0.3 is 0 Å². The zero-order valence-corrected chi connectivity index (χ0v) is 23.2. The minimum absolute atomic E-state index is 0.00743. The van der Waals surface area contributed by atoms with Crippen LogP contribution in [-0.4, -0.2) is 33.9 Å². The minimum atomic E-state index is -0.794. The SMILES string of the molecule is CC(C)(Cc1cccc(OCCC23CC4CC(CC(C4)C2)C3)c1)NC[C@H](O)c1ccc(O)c2[nH]c(=O)ccc12. The maximum atomic E-state index is 11.7. The Bertz CT molecular complexity index is 1360. The van der Waals surface area contributed by atoms with Gasteiger partial charge in [0.05, 0.1) is 18.2 Å². The first kappa shape index (κ1) is 26.4. The largest absolute Gasteiger partial charge is 0.506 e. The van der Waals surface area contributed by atoms with E-state index >= 15 is 0 Å². The van der Waals surface area contributed by atoms with Gasteiger partial charge in [-0.15, -0.1) is 0 Å². The number of pyridine rings is 1. The molecule has 0 spiro atoms. The number of rotatable bonds is 10. The van der Waals surface area contributed by atoms with Crippen molar-refractivity contribution < 1.29 is 14.9 Å². The number of aliphatic hydroxyl groups excluding tert-OH is 1. The van der Waals surface area contributed by atoms with Crippen LogP contribution in [0.1, 0.15) is 76.0 Å². The molecule has 1 aromatic heterocycles. The second-order valence-electron chi connectivity index (χ2n) is 13.4. The summed E-state index contributed by atoms with van der Waals surface area (Å²) in [5, 5.41) is 25.3. The third-order valence-electron chi connectivity index (χ3n) is 9.65. The van der Waals surface area contributed by atoms with Gasteiger partial charge in [0.25, 0.3) is 0 Å².